The van der Waals surface area contributed by atoms with Crippen LogP contribution in [0.15, 0.2) is 53.3 Å². The Morgan fingerprint density at radius 2 is 1.94 bits per heavy atom. The monoisotopic (exact) mass is 430 g/mol. The third kappa shape index (κ3) is 3.71. The van der Waals surface area contributed by atoms with Gasteiger partial charge in [-0.05, 0) is 47.9 Å². The van der Waals surface area contributed by atoms with E-state index in [4.69, 9.17) is 0 Å². The fraction of sp³-hybridized carbons (Fsp3) is 0.250. The zero-order valence-corrected chi connectivity index (χ0v) is 18.3. The summed E-state index contributed by atoms with van der Waals surface area (Å²) in [4.78, 5) is 27.2. The molecule has 2 aromatic heterocycles. The lowest BCUT2D eigenvalue weighted by molar-refractivity contribution is 0.101. The molecule has 0 fully saturated rings. The molecule has 7 heteroatoms. The fourth-order valence-corrected chi connectivity index (χ4v) is 4.84. The van der Waals surface area contributed by atoms with E-state index in [9.17, 15) is 9.59 Å². The highest BCUT2D eigenvalue weighted by Gasteiger charge is 2.21. The normalized spacial score (nSPS) is 14.0. The second kappa shape index (κ2) is 7.83. The maximum absolute atomic E-state index is 13.0. The zero-order valence-electron chi connectivity index (χ0n) is 17.5. The SMILES string of the molecule is CC(=O)c1cccc(-c2cc3c(n(C)c2=O)CCN(Cc2ccc4nsnc4c2)C3)c1. The predicted molar refractivity (Wildman–Crippen MR) is 122 cm³/mol. The summed E-state index contributed by atoms with van der Waals surface area (Å²) in [6.07, 6.45) is 0.829. The van der Waals surface area contributed by atoms with Gasteiger partial charge in [-0.2, -0.15) is 8.75 Å². The van der Waals surface area contributed by atoms with Crippen LogP contribution in [0.2, 0.25) is 0 Å². The molecule has 0 aliphatic carbocycles. The summed E-state index contributed by atoms with van der Waals surface area (Å²) >= 11 is 1.24. The Hall–Kier alpha value is -3.16. The number of Topliss-reactive ketones (excluding diaryl/α,β-unsaturated/α-hetero) is 1. The standard InChI is InChI=1S/C24H22N4O2S/c1-15(29)17-4-3-5-18(11-17)20-12-19-14-28(9-8-23(19)27(2)24(20)30)13-16-6-7-21-22(10-16)26-31-25-21/h3-7,10-12H,8-9,13-14H2,1-2H3. The highest BCUT2D eigenvalue weighted by Crippen LogP contribution is 2.25. The van der Waals surface area contributed by atoms with Crippen LogP contribution in [0.3, 0.4) is 0 Å². The van der Waals surface area contributed by atoms with Crippen LogP contribution in [-0.2, 0) is 26.6 Å². The van der Waals surface area contributed by atoms with Crippen molar-refractivity contribution in [3.05, 3.63) is 81.3 Å². The lowest BCUT2D eigenvalue weighted by Crippen LogP contribution is -2.35. The smallest absolute Gasteiger partial charge is 0.258 e. The van der Waals surface area contributed by atoms with Crippen molar-refractivity contribution in [3.8, 4) is 11.1 Å². The van der Waals surface area contributed by atoms with Crippen molar-refractivity contribution in [2.24, 2.45) is 7.05 Å². The number of hydrogen-bond donors (Lipinski definition) is 0. The maximum atomic E-state index is 13.0. The molecule has 2 aromatic carbocycles. The first kappa shape index (κ1) is 19.8. The van der Waals surface area contributed by atoms with Gasteiger partial charge in [-0.1, -0.05) is 24.3 Å². The van der Waals surface area contributed by atoms with E-state index in [-0.39, 0.29) is 11.3 Å². The molecule has 3 heterocycles. The number of ketones is 1. The topological polar surface area (TPSA) is 68.1 Å². The van der Waals surface area contributed by atoms with Crippen LogP contribution in [0.1, 0.15) is 34.1 Å². The van der Waals surface area contributed by atoms with Gasteiger partial charge in [0.05, 0.1) is 11.7 Å². The van der Waals surface area contributed by atoms with Gasteiger partial charge in [0.25, 0.3) is 5.56 Å². The van der Waals surface area contributed by atoms with Crippen molar-refractivity contribution >= 4 is 28.5 Å². The molecule has 5 rings (SSSR count). The molecule has 31 heavy (non-hydrogen) atoms. The van der Waals surface area contributed by atoms with E-state index in [1.807, 2.05) is 37.4 Å². The van der Waals surface area contributed by atoms with Crippen molar-refractivity contribution in [1.29, 1.82) is 0 Å². The van der Waals surface area contributed by atoms with Gasteiger partial charge in [-0.25, -0.2) is 0 Å². The summed E-state index contributed by atoms with van der Waals surface area (Å²) in [6.45, 7) is 4.04. The molecule has 4 aromatic rings. The molecule has 156 valence electrons. The van der Waals surface area contributed by atoms with Crippen LogP contribution in [0.25, 0.3) is 22.2 Å². The first-order valence-corrected chi connectivity index (χ1v) is 11.0. The van der Waals surface area contributed by atoms with Crippen LogP contribution in [0.4, 0.5) is 0 Å². The Bertz CT molecular complexity index is 1370. The maximum Gasteiger partial charge on any atom is 0.258 e. The van der Waals surface area contributed by atoms with Gasteiger partial charge in [0.15, 0.2) is 5.78 Å². The Kier molecular flexibility index (Phi) is 5.00. The average Bonchev–Trinajstić information content (AvgIpc) is 3.24. The van der Waals surface area contributed by atoms with E-state index in [1.54, 1.807) is 17.6 Å². The number of carbonyl (C=O) groups is 1. The van der Waals surface area contributed by atoms with Gasteiger partial charge in [0.2, 0.25) is 0 Å². The van der Waals surface area contributed by atoms with Crippen molar-refractivity contribution in [1.82, 2.24) is 18.2 Å². The van der Waals surface area contributed by atoms with Crippen molar-refractivity contribution in [2.45, 2.75) is 26.4 Å². The number of aromatic nitrogens is 3. The van der Waals surface area contributed by atoms with Gasteiger partial charge in [-0.15, -0.1) is 0 Å². The third-order valence-electron chi connectivity index (χ3n) is 5.99. The van der Waals surface area contributed by atoms with Crippen LogP contribution in [0.5, 0.6) is 0 Å². The molecule has 0 radical (unpaired) electrons. The second-order valence-electron chi connectivity index (χ2n) is 8.08. The van der Waals surface area contributed by atoms with E-state index < -0.39 is 0 Å². The summed E-state index contributed by atoms with van der Waals surface area (Å²) in [7, 11) is 1.85. The molecule has 0 unspecified atom stereocenters. The Morgan fingerprint density at radius 3 is 2.77 bits per heavy atom. The van der Waals surface area contributed by atoms with Gasteiger partial charge >= 0.3 is 0 Å². The summed E-state index contributed by atoms with van der Waals surface area (Å²) in [6, 6.07) is 15.6. The molecule has 0 bridgehead atoms. The van der Waals surface area contributed by atoms with E-state index >= 15 is 0 Å². The Labute approximate surface area is 184 Å². The van der Waals surface area contributed by atoms with E-state index in [2.05, 4.69) is 25.8 Å². The molecule has 6 nitrogen and oxygen atoms in total. The minimum Gasteiger partial charge on any atom is -0.315 e. The first-order chi connectivity index (χ1) is 15.0. The summed E-state index contributed by atoms with van der Waals surface area (Å²) in [5.41, 5.74) is 7.36. The van der Waals surface area contributed by atoms with Crippen LogP contribution >= 0.6 is 11.7 Å². The van der Waals surface area contributed by atoms with Crippen molar-refractivity contribution < 1.29 is 4.79 Å². The molecule has 0 spiro atoms. The first-order valence-electron chi connectivity index (χ1n) is 10.3. The van der Waals surface area contributed by atoms with E-state index in [0.29, 0.717) is 11.1 Å². The average molecular weight is 431 g/mol. The predicted octanol–water partition coefficient (Wildman–Crippen LogP) is 3.82. The lowest BCUT2D eigenvalue weighted by Gasteiger charge is -2.30. The van der Waals surface area contributed by atoms with Crippen LogP contribution < -0.4 is 5.56 Å². The number of nitrogens with zero attached hydrogens (tertiary/aromatic N) is 4. The molecule has 0 atom stereocenters. The molecular formula is C24H22N4O2S. The number of hydrogen-bond acceptors (Lipinski definition) is 6. The molecule has 0 saturated carbocycles. The number of fused-ring (bicyclic) bond motifs is 2. The molecular weight excluding hydrogens is 408 g/mol. The molecule has 1 aliphatic heterocycles. The molecule has 0 N–H and O–H groups in total. The van der Waals surface area contributed by atoms with E-state index in [1.165, 1.54) is 17.3 Å². The van der Waals surface area contributed by atoms with E-state index in [0.717, 1.165) is 53.9 Å². The van der Waals surface area contributed by atoms with Gasteiger partial charge < -0.3 is 4.57 Å². The lowest BCUT2D eigenvalue weighted by atomic mass is 9.97. The number of benzene rings is 2. The summed E-state index contributed by atoms with van der Waals surface area (Å²) in [5.74, 6) is -0.00455. The minimum absolute atomic E-state index is 0.00455. The quantitative estimate of drug-likeness (QED) is 0.461. The fourth-order valence-electron chi connectivity index (χ4n) is 4.32. The summed E-state index contributed by atoms with van der Waals surface area (Å²) in [5, 5.41) is 0. The van der Waals surface area contributed by atoms with Gasteiger partial charge in [-0.3, -0.25) is 14.5 Å². The van der Waals surface area contributed by atoms with Crippen LogP contribution in [0, 0.1) is 0 Å². The van der Waals surface area contributed by atoms with Gasteiger partial charge in [0.1, 0.15) is 11.0 Å². The minimum atomic E-state index is -0.0191. The molecule has 1 aliphatic rings. The van der Waals surface area contributed by atoms with Crippen LogP contribution in [-0.4, -0.2) is 30.5 Å². The second-order valence-corrected chi connectivity index (χ2v) is 8.61. The van der Waals surface area contributed by atoms with Crippen molar-refractivity contribution in [3.63, 3.8) is 0 Å². The molecule has 0 amide bonds. The third-order valence-corrected chi connectivity index (χ3v) is 6.55. The Morgan fingerprint density at radius 1 is 1.10 bits per heavy atom. The van der Waals surface area contributed by atoms with Gasteiger partial charge in [0, 0.05) is 49.9 Å². The van der Waals surface area contributed by atoms with Crippen molar-refractivity contribution in [2.75, 3.05) is 6.54 Å². The molecule has 0 saturated heterocycles. The number of rotatable bonds is 4. The summed E-state index contributed by atoms with van der Waals surface area (Å²) < 4.78 is 10.4. The number of carbonyl (C=O) groups excluding carboxylic acids is 1. The largest absolute Gasteiger partial charge is 0.315 e. The highest BCUT2D eigenvalue weighted by atomic mass is 32.1. The number of pyridine rings is 1. The Balaban J connectivity index is 1.47. The zero-order chi connectivity index (χ0) is 21.5. The highest BCUT2D eigenvalue weighted by molar-refractivity contribution is 7.00.